The van der Waals surface area contributed by atoms with Crippen LogP contribution in [0, 0.1) is 17.8 Å². The molecule has 0 aromatic heterocycles. The van der Waals surface area contributed by atoms with Gasteiger partial charge in [-0.1, -0.05) is 51.0 Å². The SMILES string of the molecule is C1CCC2CCCC2C1.C=CC1CCC2OC(=O)OC2C1. The Morgan fingerprint density at radius 1 is 0.857 bits per heavy atom. The van der Waals surface area contributed by atoms with Gasteiger partial charge in [-0.25, -0.2) is 4.79 Å². The molecule has 0 bridgehead atoms. The van der Waals surface area contributed by atoms with Crippen LogP contribution in [0.25, 0.3) is 0 Å². The molecule has 0 N–H and O–H groups in total. The van der Waals surface area contributed by atoms with Crippen molar-refractivity contribution >= 4 is 6.16 Å². The maximum atomic E-state index is 10.7. The van der Waals surface area contributed by atoms with Gasteiger partial charge in [0.15, 0.2) is 0 Å². The fourth-order valence-corrected chi connectivity index (χ4v) is 4.57. The summed E-state index contributed by atoms with van der Waals surface area (Å²) >= 11 is 0. The van der Waals surface area contributed by atoms with Crippen molar-refractivity contribution in [1.82, 2.24) is 0 Å². The topological polar surface area (TPSA) is 35.5 Å². The van der Waals surface area contributed by atoms with Gasteiger partial charge in [-0.2, -0.15) is 0 Å². The van der Waals surface area contributed by atoms with E-state index in [1.54, 1.807) is 25.7 Å². The highest BCUT2D eigenvalue weighted by Gasteiger charge is 2.40. The summed E-state index contributed by atoms with van der Waals surface area (Å²) in [4.78, 5) is 10.7. The second-order valence-electron chi connectivity index (χ2n) is 7.11. The Morgan fingerprint density at radius 3 is 2.14 bits per heavy atom. The van der Waals surface area contributed by atoms with Gasteiger partial charge < -0.3 is 9.47 Å². The molecule has 3 aliphatic carbocycles. The number of carbonyl (C=O) groups excluding carboxylic acids is 1. The number of ether oxygens (including phenoxy) is 2. The minimum Gasteiger partial charge on any atom is -0.427 e. The first kappa shape index (κ1) is 14.9. The van der Waals surface area contributed by atoms with Crippen molar-refractivity contribution in [3.8, 4) is 0 Å². The van der Waals surface area contributed by atoms with Gasteiger partial charge in [0.25, 0.3) is 0 Å². The Hall–Kier alpha value is -0.990. The summed E-state index contributed by atoms with van der Waals surface area (Å²) in [5.41, 5.74) is 0. The fraction of sp³-hybridized carbons (Fsp3) is 0.833. The Balaban J connectivity index is 0.000000131. The molecular formula is C18H28O3. The normalized spacial score (nSPS) is 41.0. The predicted octanol–water partition coefficient (Wildman–Crippen LogP) is 4.85. The third-order valence-electron chi connectivity index (χ3n) is 5.82. The van der Waals surface area contributed by atoms with Crippen LogP contribution in [0.4, 0.5) is 4.79 Å². The maximum Gasteiger partial charge on any atom is 0.509 e. The number of allylic oxidation sites excluding steroid dienone is 1. The van der Waals surface area contributed by atoms with E-state index in [2.05, 4.69) is 6.58 Å². The minimum absolute atomic E-state index is 0.00806. The monoisotopic (exact) mass is 292 g/mol. The Kier molecular flexibility index (Phi) is 4.87. The zero-order chi connectivity index (χ0) is 14.7. The highest BCUT2D eigenvalue weighted by Crippen LogP contribution is 2.41. The van der Waals surface area contributed by atoms with E-state index in [4.69, 9.17) is 9.47 Å². The van der Waals surface area contributed by atoms with Crippen LogP contribution in [0.1, 0.15) is 64.2 Å². The molecule has 0 aromatic carbocycles. The van der Waals surface area contributed by atoms with Gasteiger partial charge in [0.1, 0.15) is 12.2 Å². The van der Waals surface area contributed by atoms with Gasteiger partial charge in [0.2, 0.25) is 0 Å². The first-order chi connectivity index (χ1) is 10.3. The van der Waals surface area contributed by atoms with Gasteiger partial charge in [-0.05, 0) is 37.0 Å². The van der Waals surface area contributed by atoms with Gasteiger partial charge in [-0.15, -0.1) is 6.58 Å². The molecule has 5 unspecified atom stereocenters. The van der Waals surface area contributed by atoms with Crippen LogP contribution in [0.5, 0.6) is 0 Å². The lowest BCUT2D eigenvalue weighted by Gasteiger charge is -2.25. The molecule has 3 saturated carbocycles. The van der Waals surface area contributed by atoms with Gasteiger partial charge in [0, 0.05) is 0 Å². The zero-order valence-corrected chi connectivity index (χ0v) is 13.0. The molecule has 118 valence electrons. The van der Waals surface area contributed by atoms with Crippen molar-refractivity contribution in [2.24, 2.45) is 17.8 Å². The lowest BCUT2D eigenvalue weighted by atomic mass is 9.82. The van der Waals surface area contributed by atoms with Crippen LogP contribution >= 0.6 is 0 Å². The molecule has 3 nitrogen and oxygen atoms in total. The highest BCUT2D eigenvalue weighted by molar-refractivity contribution is 5.62. The van der Waals surface area contributed by atoms with Gasteiger partial charge >= 0.3 is 6.16 Å². The van der Waals surface area contributed by atoms with E-state index >= 15 is 0 Å². The molecule has 4 aliphatic rings. The van der Waals surface area contributed by atoms with Crippen LogP contribution < -0.4 is 0 Å². The summed E-state index contributed by atoms with van der Waals surface area (Å²) in [6.07, 6.45) is 15.1. The number of hydrogen-bond donors (Lipinski definition) is 0. The summed E-state index contributed by atoms with van der Waals surface area (Å²) in [7, 11) is 0. The summed E-state index contributed by atoms with van der Waals surface area (Å²) in [6.45, 7) is 3.74. The van der Waals surface area contributed by atoms with E-state index in [-0.39, 0.29) is 12.2 Å². The summed E-state index contributed by atoms with van der Waals surface area (Å²) < 4.78 is 9.95. The van der Waals surface area contributed by atoms with E-state index < -0.39 is 6.16 Å². The standard InChI is InChI=1S/C9H12O3.C9H16/c1-2-6-3-4-7-8(5-6)12-9(10)11-7;1-2-5-9-7-3-6-8(9)4-1/h2,6-8H,1,3-5H2;8-9H,1-7H2. The lowest BCUT2D eigenvalue weighted by Crippen LogP contribution is -2.30. The first-order valence-corrected chi connectivity index (χ1v) is 8.76. The molecule has 21 heavy (non-hydrogen) atoms. The van der Waals surface area contributed by atoms with Gasteiger partial charge in [0.05, 0.1) is 0 Å². The predicted molar refractivity (Wildman–Crippen MR) is 82.0 cm³/mol. The van der Waals surface area contributed by atoms with Crippen LogP contribution in [0.15, 0.2) is 12.7 Å². The van der Waals surface area contributed by atoms with E-state index in [1.165, 1.54) is 31.1 Å². The molecule has 1 saturated heterocycles. The molecule has 4 rings (SSSR count). The highest BCUT2D eigenvalue weighted by atomic mass is 16.8. The molecular weight excluding hydrogens is 264 g/mol. The Labute approximate surface area is 128 Å². The summed E-state index contributed by atoms with van der Waals surface area (Å²) in [5.74, 6) is 2.82. The molecule has 0 amide bonds. The average Bonchev–Trinajstić information content (AvgIpc) is 3.11. The molecule has 3 heteroatoms. The van der Waals surface area contributed by atoms with E-state index in [0.29, 0.717) is 5.92 Å². The van der Waals surface area contributed by atoms with Crippen molar-refractivity contribution in [3.05, 3.63) is 12.7 Å². The van der Waals surface area contributed by atoms with Crippen LogP contribution in [0.2, 0.25) is 0 Å². The van der Waals surface area contributed by atoms with E-state index in [0.717, 1.165) is 19.3 Å². The second kappa shape index (κ2) is 6.85. The average molecular weight is 292 g/mol. The largest absolute Gasteiger partial charge is 0.509 e. The zero-order valence-electron chi connectivity index (χ0n) is 13.0. The molecule has 1 heterocycles. The van der Waals surface area contributed by atoms with Crippen molar-refractivity contribution < 1.29 is 14.3 Å². The molecule has 0 spiro atoms. The van der Waals surface area contributed by atoms with Gasteiger partial charge in [-0.3, -0.25) is 0 Å². The summed E-state index contributed by atoms with van der Waals surface area (Å²) in [5, 5.41) is 0. The molecule has 0 radical (unpaired) electrons. The van der Waals surface area contributed by atoms with Crippen molar-refractivity contribution in [1.29, 1.82) is 0 Å². The molecule has 1 aliphatic heterocycles. The third-order valence-corrected chi connectivity index (χ3v) is 5.82. The van der Waals surface area contributed by atoms with E-state index in [9.17, 15) is 4.79 Å². The van der Waals surface area contributed by atoms with E-state index in [1.807, 2.05) is 6.08 Å². The second-order valence-corrected chi connectivity index (χ2v) is 7.11. The van der Waals surface area contributed by atoms with Crippen LogP contribution in [-0.4, -0.2) is 18.4 Å². The maximum absolute atomic E-state index is 10.7. The molecule has 4 fully saturated rings. The lowest BCUT2D eigenvalue weighted by molar-refractivity contribution is 0.0932. The minimum atomic E-state index is -0.505. The third kappa shape index (κ3) is 3.61. The van der Waals surface area contributed by atoms with Crippen LogP contribution in [-0.2, 0) is 9.47 Å². The number of carbonyl (C=O) groups is 1. The Bertz CT molecular complexity index is 367. The summed E-state index contributed by atoms with van der Waals surface area (Å²) in [6, 6.07) is 0. The fourth-order valence-electron chi connectivity index (χ4n) is 4.57. The van der Waals surface area contributed by atoms with Crippen molar-refractivity contribution in [2.45, 2.75) is 76.4 Å². The first-order valence-electron chi connectivity index (χ1n) is 8.76. The van der Waals surface area contributed by atoms with Crippen molar-refractivity contribution in [3.63, 3.8) is 0 Å². The smallest absolute Gasteiger partial charge is 0.427 e. The number of rotatable bonds is 1. The molecule has 0 aromatic rings. The van der Waals surface area contributed by atoms with Crippen LogP contribution in [0.3, 0.4) is 0 Å². The Morgan fingerprint density at radius 2 is 1.48 bits per heavy atom. The number of fused-ring (bicyclic) bond motifs is 2. The van der Waals surface area contributed by atoms with Crippen molar-refractivity contribution in [2.75, 3.05) is 0 Å². The number of hydrogen-bond acceptors (Lipinski definition) is 3. The molecule has 5 atom stereocenters. The quantitative estimate of drug-likeness (QED) is 0.512.